The molecule has 2 aromatic rings. The third kappa shape index (κ3) is 3.10. The highest BCUT2D eigenvalue weighted by atomic mass is 16.5. The monoisotopic (exact) mass is 385 g/mol. The molecule has 0 spiro atoms. The van der Waals surface area contributed by atoms with Crippen LogP contribution in [0.15, 0.2) is 16.7 Å². The van der Waals surface area contributed by atoms with Gasteiger partial charge in [0.25, 0.3) is 5.91 Å². The zero-order valence-corrected chi connectivity index (χ0v) is 16.7. The molecule has 150 valence electrons. The molecule has 2 aromatic heterocycles. The van der Waals surface area contributed by atoms with Crippen molar-refractivity contribution in [1.29, 1.82) is 0 Å². The van der Waals surface area contributed by atoms with Gasteiger partial charge in [0.2, 0.25) is 17.6 Å². The Kier molecular flexibility index (Phi) is 4.72. The lowest BCUT2D eigenvalue weighted by Crippen LogP contribution is -2.40. The molecule has 0 saturated heterocycles. The lowest BCUT2D eigenvalue weighted by Gasteiger charge is -2.29. The second-order valence-electron chi connectivity index (χ2n) is 8.03. The molecule has 2 aliphatic rings. The molecule has 0 radical (unpaired) electrons. The van der Waals surface area contributed by atoms with E-state index in [1.54, 1.807) is 0 Å². The number of unbranched alkanes of at least 4 members (excludes halogenated alkanes) is 1. The lowest BCUT2D eigenvalue weighted by molar-refractivity contribution is -0.124. The predicted molar refractivity (Wildman–Crippen MR) is 103 cm³/mol. The number of hydrogen-bond acceptors (Lipinski definition) is 5. The highest BCUT2D eigenvalue weighted by Gasteiger charge is 2.56. The smallest absolute Gasteiger partial charge is 0.270 e. The fraction of sp³-hybridized carbons (Fsp3) is 0.600. The number of rotatable bonds is 7. The van der Waals surface area contributed by atoms with E-state index in [1.807, 2.05) is 35.4 Å². The van der Waals surface area contributed by atoms with Crippen molar-refractivity contribution in [2.24, 2.45) is 0 Å². The molecular formula is C20H27N5O3. The van der Waals surface area contributed by atoms with Crippen molar-refractivity contribution in [2.45, 2.75) is 64.5 Å². The van der Waals surface area contributed by atoms with Gasteiger partial charge in [-0.05, 0) is 45.2 Å². The van der Waals surface area contributed by atoms with Crippen LogP contribution >= 0.6 is 0 Å². The van der Waals surface area contributed by atoms with Crippen LogP contribution in [0.3, 0.4) is 0 Å². The minimum Gasteiger partial charge on any atom is -0.353 e. The molecule has 28 heavy (non-hydrogen) atoms. The van der Waals surface area contributed by atoms with Crippen LogP contribution in [0.4, 0.5) is 0 Å². The van der Waals surface area contributed by atoms with Gasteiger partial charge in [0, 0.05) is 25.7 Å². The normalized spacial score (nSPS) is 17.7. The number of amides is 2. The average molecular weight is 385 g/mol. The molecule has 8 nitrogen and oxygen atoms in total. The molecule has 8 heteroatoms. The standard InChI is InChI=1S/C20H27N5O3/c1-4-5-10-24-11-12-25-14(6-7-15(25)17(24)26)16-22-19(28-23-16)20(8-9-20)18(27)21-13(2)3/h6-7,13H,4-5,8-12H2,1-3H3,(H,21,27). The maximum atomic E-state index is 12.7. The summed E-state index contributed by atoms with van der Waals surface area (Å²) in [5, 5.41) is 7.06. The Morgan fingerprint density at radius 1 is 1.29 bits per heavy atom. The van der Waals surface area contributed by atoms with Gasteiger partial charge in [-0.3, -0.25) is 9.59 Å². The second-order valence-corrected chi connectivity index (χ2v) is 8.03. The zero-order valence-electron chi connectivity index (χ0n) is 16.7. The summed E-state index contributed by atoms with van der Waals surface area (Å²) in [5.74, 6) is 0.781. The van der Waals surface area contributed by atoms with Gasteiger partial charge in [0.1, 0.15) is 11.1 Å². The number of nitrogens with one attached hydrogen (secondary N) is 1. The first-order valence-electron chi connectivity index (χ1n) is 10.1. The van der Waals surface area contributed by atoms with E-state index in [1.165, 1.54) is 0 Å². The van der Waals surface area contributed by atoms with E-state index in [0.29, 0.717) is 43.3 Å². The minimum absolute atomic E-state index is 0.0460. The average Bonchev–Trinajstić information content (AvgIpc) is 3.12. The van der Waals surface area contributed by atoms with Crippen molar-refractivity contribution >= 4 is 11.8 Å². The molecule has 0 atom stereocenters. The molecule has 4 rings (SSSR count). The van der Waals surface area contributed by atoms with Crippen LogP contribution in [-0.2, 0) is 16.8 Å². The van der Waals surface area contributed by atoms with Gasteiger partial charge in [0.15, 0.2) is 0 Å². The first kappa shape index (κ1) is 18.7. The largest absolute Gasteiger partial charge is 0.353 e. The third-order valence-electron chi connectivity index (χ3n) is 5.53. The van der Waals surface area contributed by atoms with E-state index >= 15 is 0 Å². The fourth-order valence-electron chi connectivity index (χ4n) is 3.72. The van der Waals surface area contributed by atoms with Gasteiger partial charge in [-0.25, -0.2) is 0 Å². The van der Waals surface area contributed by atoms with Gasteiger partial charge in [0.05, 0.1) is 5.69 Å². The van der Waals surface area contributed by atoms with Crippen LogP contribution in [0, 0.1) is 0 Å². The number of fused-ring (bicyclic) bond motifs is 1. The van der Waals surface area contributed by atoms with Crippen LogP contribution in [0.5, 0.6) is 0 Å². The Bertz CT molecular complexity index is 894. The van der Waals surface area contributed by atoms with Gasteiger partial charge in [-0.2, -0.15) is 4.98 Å². The maximum absolute atomic E-state index is 12.7. The van der Waals surface area contributed by atoms with E-state index in [9.17, 15) is 9.59 Å². The topological polar surface area (TPSA) is 93.3 Å². The minimum atomic E-state index is -0.695. The van der Waals surface area contributed by atoms with Crippen molar-refractivity contribution in [1.82, 2.24) is 24.9 Å². The predicted octanol–water partition coefficient (Wildman–Crippen LogP) is 2.35. The lowest BCUT2D eigenvalue weighted by atomic mass is 10.1. The number of carbonyl (C=O) groups is 2. The van der Waals surface area contributed by atoms with Gasteiger partial charge >= 0.3 is 0 Å². The van der Waals surface area contributed by atoms with E-state index in [2.05, 4.69) is 22.4 Å². The van der Waals surface area contributed by atoms with Crippen molar-refractivity contribution in [2.75, 3.05) is 13.1 Å². The Hall–Kier alpha value is -2.64. The molecule has 3 heterocycles. The van der Waals surface area contributed by atoms with E-state index in [-0.39, 0.29) is 17.9 Å². The molecule has 1 saturated carbocycles. The summed E-state index contributed by atoms with van der Waals surface area (Å²) < 4.78 is 7.43. The molecule has 0 unspecified atom stereocenters. The second kappa shape index (κ2) is 7.07. The zero-order chi connectivity index (χ0) is 19.9. The molecule has 1 N–H and O–H groups in total. The molecule has 0 aromatic carbocycles. The Morgan fingerprint density at radius 2 is 2.04 bits per heavy atom. The van der Waals surface area contributed by atoms with Crippen LogP contribution < -0.4 is 5.32 Å². The molecule has 0 bridgehead atoms. The van der Waals surface area contributed by atoms with E-state index in [0.717, 1.165) is 25.1 Å². The van der Waals surface area contributed by atoms with Gasteiger partial charge in [-0.1, -0.05) is 18.5 Å². The Morgan fingerprint density at radius 3 is 2.71 bits per heavy atom. The molecular weight excluding hydrogens is 358 g/mol. The van der Waals surface area contributed by atoms with Crippen molar-refractivity contribution < 1.29 is 14.1 Å². The van der Waals surface area contributed by atoms with E-state index < -0.39 is 5.41 Å². The highest BCUT2D eigenvalue weighted by Crippen LogP contribution is 2.48. The summed E-state index contributed by atoms with van der Waals surface area (Å²) in [4.78, 5) is 31.7. The third-order valence-corrected chi connectivity index (χ3v) is 5.53. The van der Waals surface area contributed by atoms with Crippen LogP contribution in [0.2, 0.25) is 0 Å². The van der Waals surface area contributed by atoms with Crippen LogP contribution in [0.25, 0.3) is 11.5 Å². The number of aromatic nitrogens is 3. The first-order valence-corrected chi connectivity index (χ1v) is 10.1. The molecule has 2 amide bonds. The summed E-state index contributed by atoms with van der Waals surface area (Å²) in [6.45, 7) is 8.16. The molecule has 1 fully saturated rings. The number of nitrogens with zero attached hydrogens (tertiary/aromatic N) is 4. The first-order chi connectivity index (χ1) is 13.5. The summed E-state index contributed by atoms with van der Waals surface area (Å²) in [5.41, 5.74) is 0.718. The van der Waals surface area contributed by atoms with Crippen LogP contribution in [0.1, 0.15) is 62.8 Å². The molecule has 1 aliphatic heterocycles. The van der Waals surface area contributed by atoms with E-state index in [4.69, 9.17) is 4.52 Å². The Labute approximate surface area is 164 Å². The summed E-state index contributed by atoms with van der Waals surface area (Å²) >= 11 is 0. The Balaban J connectivity index is 1.57. The van der Waals surface area contributed by atoms with Crippen molar-refractivity contribution in [3.8, 4) is 11.5 Å². The quantitative estimate of drug-likeness (QED) is 0.790. The van der Waals surface area contributed by atoms with Gasteiger partial charge in [-0.15, -0.1) is 0 Å². The summed E-state index contributed by atoms with van der Waals surface area (Å²) in [6, 6.07) is 3.75. The SMILES string of the molecule is CCCCN1CCn2c(ccc2-c2noc(C3(C(=O)NC(C)C)CC3)n2)C1=O. The highest BCUT2D eigenvalue weighted by molar-refractivity contribution is 5.94. The molecule has 1 aliphatic carbocycles. The van der Waals surface area contributed by atoms with Crippen molar-refractivity contribution in [3.05, 3.63) is 23.7 Å². The van der Waals surface area contributed by atoms with Gasteiger partial charge < -0.3 is 19.3 Å². The number of carbonyl (C=O) groups excluding carboxylic acids is 2. The van der Waals surface area contributed by atoms with Crippen molar-refractivity contribution in [3.63, 3.8) is 0 Å². The maximum Gasteiger partial charge on any atom is 0.270 e. The summed E-state index contributed by atoms with van der Waals surface area (Å²) in [7, 11) is 0. The van der Waals surface area contributed by atoms with Crippen LogP contribution in [-0.4, -0.2) is 50.6 Å². The summed E-state index contributed by atoms with van der Waals surface area (Å²) in [6.07, 6.45) is 3.50. The fourth-order valence-corrected chi connectivity index (χ4v) is 3.72. The number of hydrogen-bond donors (Lipinski definition) is 1.